The molecular weight excluding hydrogens is 308 g/mol. The van der Waals surface area contributed by atoms with E-state index >= 15 is 0 Å². The van der Waals surface area contributed by atoms with Gasteiger partial charge in [-0.3, -0.25) is 4.90 Å². The van der Waals surface area contributed by atoms with Crippen molar-refractivity contribution in [2.75, 3.05) is 11.9 Å². The molecule has 0 amide bonds. The van der Waals surface area contributed by atoms with Crippen LogP contribution in [0.15, 0.2) is 40.8 Å². The molecule has 3 aliphatic rings. The molecule has 25 heavy (non-hydrogen) atoms. The largest absolute Gasteiger partial charge is 0.454 e. The number of hydrogen-bond donors (Lipinski definition) is 0. The minimum absolute atomic E-state index is 0.400. The maximum atomic E-state index is 6.39. The number of para-hydroxylation sites is 1. The van der Waals surface area contributed by atoms with Crippen LogP contribution in [-0.2, 0) is 0 Å². The SMILES string of the molecule is Cc1ccc2c(oc3ccccc32)c1N1C2CCC(CC2)N(C)[C@@H]1C. The van der Waals surface area contributed by atoms with E-state index in [1.54, 1.807) is 0 Å². The molecule has 130 valence electrons. The fourth-order valence-electron chi connectivity index (χ4n) is 5.11. The van der Waals surface area contributed by atoms with Crippen LogP contribution in [0.25, 0.3) is 21.9 Å². The summed E-state index contributed by atoms with van der Waals surface area (Å²) in [5, 5.41) is 2.46. The third-order valence-corrected chi connectivity index (χ3v) is 6.61. The first-order chi connectivity index (χ1) is 12.1. The van der Waals surface area contributed by atoms with E-state index < -0.39 is 0 Å². The Hall–Kier alpha value is -2.00. The predicted molar refractivity (Wildman–Crippen MR) is 104 cm³/mol. The summed E-state index contributed by atoms with van der Waals surface area (Å²) in [5.74, 6) is 0. The van der Waals surface area contributed by atoms with Gasteiger partial charge in [-0.05, 0) is 58.2 Å². The summed E-state index contributed by atoms with van der Waals surface area (Å²) in [6, 6.07) is 14.2. The van der Waals surface area contributed by atoms with Crippen LogP contribution in [0.5, 0.6) is 0 Å². The van der Waals surface area contributed by atoms with Crippen molar-refractivity contribution in [2.45, 2.75) is 57.8 Å². The summed E-state index contributed by atoms with van der Waals surface area (Å²) in [7, 11) is 2.30. The van der Waals surface area contributed by atoms with Crippen molar-refractivity contribution >= 4 is 27.6 Å². The Kier molecular flexibility index (Phi) is 3.36. The van der Waals surface area contributed by atoms with Gasteiger partial charge in [0.05, 0.1) is 11.9 Å². The van der Waals surface area contributed by atoms with Gasteiger partial charge in [-0.15, -0.1) is 0 Å². The molecule has 1 atom stereocenters. The lowest BCUT2D eigenvalue weighted by molar-refractivity contribution is 0.184. The lowest BCUT2D eigenvalue weighted by Gasteiger charge is -2.39. The van der Waals surface area contributed by atoms with Crippen molar-refractivity contribution in [1.29, 1.82) is 0 Å². The Morgan fingerprint density at radius 3 is 2.44 bits per heavy atom. The molecule has 1 aromatic heterocycles. The average Bonchev–Trinajstić information content (AvgIpc) is 2.92. The van der Waals surface area contributed by atoms with Crippen LogP contribution in [0.3, 0.4) is 0 Å². The van der Waals surface area contributed by atoms with Crippen molar-refractivity contribution in [3.8, 4) is 0 Å². The Morgan fingerprint density at radius 2 is 1.64 bits per heavy atom. The monoisotopic (exact) mass is 334 g/mol. The van der Waals surface area contributed by atoms with E-state index in [-0.39, 0.29) is 0 Å². The zero-order chi connectivity index (χ0) is 17.1. The summed E-state index contributed by atoms with van der Waals surface area (Å²) < 4.78 is 6.39. The molecule has 0 N–H and O–H groups in total. The number of rotatable bonds is 1. The van der Waals surface area contributed by atoms with Crippen molar-refractivity contribution < 1.29 is 4.42 Å². The third kappa shape index (κ3) is 2.15. The molecular formula is C22H26N2O. The van der Waals surface area contributed by atoms with Crippen molar-refractivity contribution in [2.24, 2.45) is 0 Å². The van der Waals surface area contributed by atoms with E-state index in [9.17, 15) is 0 Å². The minimum atomic E-state index is 0.400. The van der Waals surface area contributed by atoms with Gasteiger partial charge in [0.25, 0.3) is 0 Å². The van der Waals surface area contributed by atoms with Crippen LogP contribution in [0.4, 0.5) is 5.69 Å². The Morgan fingerprint density at radius 1 is 0.920 bits per heavy atom. The number of anilines is 1. The Balaban J connectivity index is 1.77. The minimum Gasteiger partial charge on any atom is -0.454 e. The van der Waals surface area contributed by atoms with Crippen LogP contribution in [0.2, 0.25) is 0 Å². The molecule has 3 heterocycles. The molecule has 2 saturated heterocycles. The zero-order valence-corrected chi connectivity index (χ0v) is 15.3. The van der Waals surface area contributed by atoms with Gasteiger partial charge in [0.1, 0.15) is 5.58 Å². The maximum Gasteiger partial charge on any atom is 0.159 e. The first kappa shape index (κ1) is 15.3. The second kappa shape index (κ2) is 5.50. The summed E-state index contributed by atoms with van der Waals surface area (Å²) in [5.41, 5.74) is 4.68. The highest BCUT2D eigenvalue weighted by atomic mass is 16.3. The van der Waals surface area contributed by atoms with E-state index in [0.29, 0.717) is 12.2 Å². The van der Waals surface area contributed by atoms with Crippen molar-refractivity contribution in [3.05, 3.63) is 42.0 Å². The fraction of sp³-hybridized carbons (Fsp3) is 0.455. The van der Waals surface area contributed by atoms with Gasteiger partial charge in [-0.25, -0.2) is 0 Å². The summed E-state index contributed by atoms with van der Waals surface area (Å²) in [6.07, 6.45) is 5.61. The molecule has 0 unspecified atom stereocenters. The number of nitrogens with zero attached hydrogens (tertiary/aromatic N) is 2. The molecule has 3 heteroatoms. The van der Waals surface area contributed by atoms with E-state index in [1.807, 2.05) is 0 Å². The average molecular weight is 334 g/mol. The molecule has 3 aromatic rings. The van der Waals surface area contributed by atoms with Crippen LogP contribution in [0, 0.1) is 6.92 Å². The van der Waals surface area contributed by atoms with Gasteiger partial charge in [-0.1, -0.05) is 30.3 Å². The second-order valence-electron chi connectivity index (χ2n) is 7.87. The van der Waals surface area contributed by atoms with E-state index in [4.69, 9.17) is 4.42 Å². The number of furan rings is 1. The summed E-state index contributed by atoms with van der Waals surface area (Å²) in [4.78, 5) is 5.24. The molecule has 0 radical (unpaired) electrons. The number of hydrogen-bond acceptors (Lipinski definition) is 3. The molecule has 2 bridgehead atoms. The Bertz CT molecular complexity index is 936. The highest BCUT2D eigenvalue weighted by Crippen LogP contribution is 2.43. The molecule has 1 aliphatic carbocycles. The van der Waals surface area contributed by atoms with E-state index in [2.05, 4.69) is 67.1 Å². The topological polar surface area (TPSA) is 19.6 Å². The van der Waals surface area contributed by atoms with Crippen molar-refractivity contribution in [1.82, 2.24) is 4.90 Å². The first-order valence-electron chi connectivity index (χ1n) is 9.56. The molecule has 2 aliphatic heterocycles. The lowest BCUT2D eigenvalue weighted by Crippen LogP contribution is -2.47. The summed E-state index contributed by atoms with van der Waals surface area (Å²) >= 11 is 0. The zero-order valence-electron chi connectivity index (χ0n) is 15.3. The fourth-order valence-corrected chi connectivity index (χ4v) is 5.11. The summed E-state index contributed by atoms with van der Waals surface area (Å²) in [6.45, 7) is 4.59. The number of fused-ring (bicyclic) bond motifs is 7. The lowest BCUT2D eigenvalue weighted by atomic mass is 9.91. The first-order valence-corrected chi connectivity index (χ1v) is 9.56. The van der Waals surface area contributed by atoms with Crippen LogP contribution >= 0.6 is 0 Å². The second-order valence-corrected chi connectivity index (χ2v) is 7.87. The molecule has 6 rings (SSSR count). The predicted octanol–water partition coefficient (Wildman–Crippen LogP) is 5.30. The van der Waals surface area contributed by atoms with Gasteiger partial charge >= 0.3 is 0 Å². The molecule has 3 nitrogen and oxygen atoms in total. The maximum absolute atomic E-state index is 6.39. The number of benzene rings is 2. The third-order valence-electron chi connectivity index (χ3n) is 6.61. The Labute approximate surface area is 149 Å². The smallest absolute Gasteiger partial charge is 0.159 e. The van der Waals surface area contributed by atoms with Crippen LogP contribution in [-0.4, -0.2) is 30.2 Å². The van der Waals surface area contributed by atoms with Gasteiger partial charge in [0.15, 0.2) is 5.58 Å². The number of aryl methyl sites for hydroxylation is 1. The quantitative estimate of drug-likeness (QED) is 0.602. The molecule has 1 saturated carbocycles. The van der Waals surface area contributed by atoms with E-state index in [0.717, 1.165) is 17.2 Å². The molecule has 2 aromatic carbocycles. The van der Waals surface area contributed by atoms with E-state index in [1.165, 1.54) is 47.7 Å². The standard InChI is InChI=1S/C22H26N2O/c1-14-8-13-19-18-6-4-5-7-20(18)25-22(19)21(14)24-15(2)23(3)16-9-11-17(24)12-10-16/h4-8,13,15-17H,9-12H2,1-3H3/t15-,16?,17?/m0/s1. The van der Waals surface area contributed by atoms with Gasteiger partial charge in [0, 0.05) is 22.9 Å². The van der Waals surface area contributed by atoms with Gasteiger partial charge in [-0.2, -0.15) is 0 Å². The molecule has 0 spiro atoms. The van der Waals surface area contributed by atoms with Crippen molar-refractivity contribution in [3.63, 3.8) is 0 Å². The molecule has 3 fully saturated rings. The highest BCUT2D eigenvalue weighted by molar-refractivity contribution is 6.09. The highest BCUT2D eigenvalue weighted by Gasteiger charge is 2.39. The van der Waals surface area contributed by atoms with Gasteiger partial charge in [0.2, 0.25) is 0 Å². The van der Waals surface area contributed by atoms with Gasteiger partial charge < -0.3 is 9.32 Å². The van der Waals surface area contributed by atoms with Crippen LogP contribution in [0.1, 0.15) is 38.2 Å². The normalized spacial score (nSPS) is 27.3. The van der Waals surface area contributed by atoms with Crippen LogP contribution < -0.4 is 4.90 Å².